The third-order valence-electron chi connectivity index (χ3n) is 3.61. The van der Waals surface area contributed by atoms with Crippen molar-refractivity contribution in [1.82, 2.24) is 10.3 Å². The predicted molar refractivity (Wildman–Crippen MR) is 67.9 cm³/mol. The minimum Gasteiger partial charge on any atom is -0.358 e. The van der Waals surface area contributed by atoms with Gasteiger partial charge in [-0.15, -0.1) is 0 Å². The molecule has 1 aliphatic heterocycles. The first kappa shape index (κ1) is 9.91. The van der Waals surface area contributed by atoms with E-state index in [4.69, 9.17) is 0 Å². The van der Waals surface area contributed by atoms with Crippen molar-refractivity contribution < 1.29 is 0 Å². The lowest BCUT2D eigenvalue weighted by Gasteiger charge is -2.22. The van der Waals surface area contributed by atoms with Crippen LogP contribution in [0, 0.1) is 0 Å². The lowest BCUT2D eigenvalue weighted by atomic mass is 9.87. The molecule has 2 aromatic rings. The Hall–Kier alpha value is -1.28. The highest BCUT2D eigenvalue weighted by Gasteiger charge is 2.28. The average molecular weight is 214 g/mol. The molecule has 2 heteroatoms. The summed E-state index contributed by atoms with van der Waals surface area (Å²) < 4.78 is 0. The van der Waals surface area contributed by atoms with Gasteiger partial charge in [0.25, 0.3) is 0 Å². The molecule has 0 unspecified atom stereocenters. The molecule has 0 bridgehead atoms. The van der Waals surface area contributed by atoms with Gasteiger partial charge >= 0.3 is 0 Å². The van der Waals surface area contributed by atoms with E-state index in [1.165, 1.54) is 22.2 Å². The van der Waals surface area contributed by atoms with E-state index in [1.807, 2.05) is 0 Å². The molecule has 2 nitrogen and oxygen atoms in total. The quantitative estimate of drug-likeness (QED) is 0.693. The highest BCUT2D eigenvalue weighted by molar-refractivity contribution is 5.85. The molecule has 0 saturated carbocycles. The maximum absolute atomic E-state index is 3.61. The molecule has 0 aliphatic carbocycles. The van der Waals surface area contributed by atoms with Crippen molar-refractivity contribution >= 4 is 10.9 Å². The predicted octanol–water partition coefficient (Wildman–Crippen LogP) is 2.59. The second-order valence-electron chi connectivity index (χ2n) is 5.33. The zero-order chi connectivity index (χ0) is 11.2. The Kier molecular flexibility index (Phi) is 2.08. The molecule has 1 aromatic heterocycles. The summed E-state index contributed by atoms with van der Waals surface area (Å²) in [5.41, 5.74) is 4.40. The number of hydrogen-bond acceptors (Lipinski definition) is 1. The third kappa shape index (κ3) is 1.37. The Morgan fingerprint density at radius 3 is 2.88 bits per heavy atom. The molecule has 84 valence electrons. The fourth-order valence-corrected chi connectivity index (χ4v) is 2.74. The summed E-state index contributed by atoms with van der Waals surface area (Å²) in [6.45, 7) is 6.74. The number of aromatic nitrogens is 1. The number of rotatable bonds is 0. The van der Waals surface area contributed by atoms with Gasteiger partial charge in [-0.2, -0.15) is 0 Å². The first-order valence-corrected chi connectivity index (χ1v) is 5.99. The Morgan fingerprint density at radius 2 is 2.00 bits per heavy atom. The van der Waals surface area contributed by atoms with Crippen LogP contribution in [0.4, 0.5) is 0 Å². The van der Waals surface area contributed by atoms with Crippen LogP contribution in [0.15, 0.2) is 24.3 Å². The number of benzene rings is 1. The summed E-state index contributed by atoms with van der Waals surface area (Å²) >= 11 is 0. The van der Waals surface area contributed by atoms with Crippen molar-refractivity contribution in [3.8, 4) is 0 Å². The zero-order valence-electron chi connectivity index (χ0n) is 9.93. The standard InChI is InChI=1S/C14H18N2/c1-14(2)9-15-8-7-11-10-5-3-4-6-12(10)16-13(11)14/h3-6,15-16H,7-9H2,1-2H3. The van der Waals surface area contributed by atoms with Gasteiger partial charge in [0, 0.05) is 28.6 Å². The molecule has 0 saturated heterocycles. The molecule has 3 rings (SSSR count). The van der Waals surface area contributed by atoms with Crippen LogP contribution in [-0.2, 0) is 11.8 Å². The molecular formula is C14H18N2. The lowest BCUT2D eigenvalue weighted by molar-refractivity contribution is 0.478. The van der Waals surface area contributed by atoms with E-state index in [1.54, 1.807) is 0 Å². The first-order chi connectivity index (χ1) is 7.68. The van der Waals surface area contributed by atoms with E-state index in [0.717, 1.165) is 19.5 Å². The van der Waals surface area contributed by atoms with E-state index in [0.29, 0.717) is 0 Å². The fraction of sp³-hybridized carbons (Fsp3) is 0.429. The van der Waals surface area contributed by atoms with Crippen molar-refractivity contribution in [3.63, 3.8) is 0 Å². The van der Waals surface area contributed by atoms with Gasteiger partial charge in [0.1, 0.15) is 0 Å². The number of nitrogens with one attached hydrogen (secondary N) is 2. The van der Waals surface area contributed by atoms with Gasteiger partial charge in [-0.25, -0.2) is 0 Å². The van der Waals surface area contributed by atoms with Crippen LogP contribution in [0.2, 0.25) is 0 Å². The van der Waals surface area contributed by atoms with Gasteiger partial charge in [-0.3, -0.25) is 0 Å². The van der Waals surface area contributed by atoms with Gasteiger partial charge in [0.05, 0.1) is 0 Å². The summed E-state index contributed by atoms with van der Waals surface area (Å²) in [5.74, 6) is 0. The Morgan fingerprint density at radius 1 is 1.19 bits per heavy atom. The van der Waals surface area contributed by atoms with Gasteiger partial charge in [-0.05, 0) is 24.6 Å². The summed E-state index contributed by atoms with van der Waals surface area (Å²) in [4.78, 5) is 3.61. The van der Waals surface area contributed by atoms with Crippen LogP contribution in [0.5, 0.6) is 0 Å². The van der Waals surface area contributed by atoms with Gasteiger partial charge < -0.3 is 10.3 Å². The van der Waals surface area contributed by atoms with Crippen LogP contribution in [0.1, 0.15) is 25.1 Å². The van der Waals surface area contributed by atoms with Crippen molar-refractivity contribution in [2.24, 2.45) is 0 Å². The Balaban J connectivity index is 2.30. The normalized spacial score (nSPS) is 19.4. The Bertz CT molecular complexity index is 523. The average Bonchev–Trinajstić information content (AvgIpc) is 2.57. The van der Waals surface area contributed by atoms with Crippen molar-refractivity contribution in [1.29, 1.82) is 0 Å². The SMILES string of the molecule is CC1(C)CNCCc2c1[nH]c1ccccc21. The van der Waals surface area contributed by atoms with E-state index in [9.17, 15) is 0 Å². The second kappa shape index (κ2) is 3.36. The smallest absolute Gasteiger partial charge is 0.0459 e. The molecule has 2 heterocycles. The van der Waals surface area contributed by atoms with Crippen LogP contribution >= 0.6 is 0 Å². The van der Waals surface area contributed by atoms with Crippen molar-refractivity contribution in [2.75, 3.05) is 13.1 Å². The lowest BCUT2D eigenvalue weighted by Crippen LogP contribution is -2.31. The van der Waals surface area contributed by atoms with E-state index in [2.05, 4.69) is 48.4 Å². The molecule has 0 radical (unpaired) electrons. The molecule has 2 N–H and O–H groups in total. The van der Waals surface area contributed by atoms with Gasteiger partial charge in [-0.1, -0.05) is 32.0 Å². The van der Waals surface area contributed by atoms with Gasteiger partial charge in [0.15, 0.2) is 0 Å². The summed E-state index contributed by atoms with van der Waals surface area (Å²) in [7, 11) is 0. The van der Waals surface area contributed by atoms with E-state index < -0.39 is 0 Å². The maximum Gasteiger partial charge on any atom is 0.0459 e. The highest BCUT2D eigenvalue weighted by Crippen LogP contribution is 2.32. The zero-order valence-corrected chi connectivity index (χ0v) is 9.93. The molecule has 0 atom stereocenters. The summed E-state index contributed by atoms with van der Waals surface area (Å²) in [6.07, 6.45) is 1.13. The van der Waals surface area contributed by atoms with Crippen LogP contribution in [0.3, 0.4) is 0 Å². The second-order valence-corrected chi connectivity index (χ2v) is 5.33. The minimum atomic E-state index is 0.199. The van der Waals surface area contributed by atoms with Crippen LogP contribution in [-0.4, -0.2) is 18.1 Å². The Labute approximate surface area is 96.1 Å². The maximum atomic E-state index is 3.61. The molecule has 0 spiro atoms. The number of hydrogen-bond donors (Lipinski definition) is 2. The van der Waals surface area contributed by atoms with E-state index in [-0.39, 0.29) is 5.41 Å². The highest BCUT2D eigenvalue weighted by atomic mass is 14.9. The summed E-state index contributed by atoms with van der Waals surface area (Å²) in [5, 5.41) is 4.91. The molecule has 0 fully saturated rings. The molecule has 16 heavy (non-hydrogen) atoms. The number of fused-ring (bicyclic) bond motifs is 3. The molecular weight excluding hydrogens is 196 g/mol. The number of para-hydroxylation sites is 1. The van der Waals surface area contributed by atoms with E-state index >= 15 is 0 Å². The minimum absolute atomic E-state index is 0.199. The first-order valence-electron chi connectivity index (χ1n) is 5.99. The topological polar surface area (TPSA) is 27.8 Å². The molecule has 1 aromatic carbocycles. The number of H-pyrrole nitrogens is 1. The largest absolute Gasteiger partial charge is 0.358 e. The third-order valence-corrected chi connectivity index (χ3v) is 3.61. The van der Waals surface area contributed by atoms with Crippen LogP contribution in [0.25, 0.3) is 10.9 Å². The molecule has 1 aliphatic rings. The fourth-order valence-electron chi connectivity index (χ4n) is 2.74. The monoisotopic (exact) mass is 214 g/mol. The number of aromatic amines is 1. The van der Waals surface area contributed by atoms with Crippen LogP contribution < -0.4 is 5.32 Å². The van der Waals surface area contributed by atoms with Gasteiger partial charge in [0.2, 0.25) is 0 Å². The van der Waals surface area contributed by atoms with Crippen molar-refractivity contribution in [2.45, 2.75) is 25.7 Å². The summed E-state index contributed by atoms with van der Waals surface area (Å²) in [6, 6.07) is 8.63. The molecule has 0 amide bonds. The van der Waals surface area contributed by atoms with Crippen molar-refractivity contribution in [3.05, 3.63) is 35.5 Å².